The fourth-order valence-corrected chi connectivity index (χ4v) is 3.41. The van der Waals surface area contributed by atoms with Gasteiger partial charge in [0.1, 0.15) is 23.4 Å². The highest BCUT2D eigenvalue weighted by Gasteiger charge is 2.24. The number of furan rings is 1. The number of rotatable bonds is 2. The van der Waals surface area contributed by atoms with Crippen molar-refractivity contribution in [3.05, 3.63) is 49.8 Å². The molecule has 0 bridgehead atoms. The Morgan fingerprint density at radius 3 is 2.95 bits per heavy atom. The molecule has 112 valence electrons. The van der Waals surface area contributed by atoms with Crippen molar-refractivity contribution in [2.24, 2.45) is 0 Å². The Balaban J connectivity index is 1.94. The first kappa shape index (κ1) is 15.2. The van der Waals surface area contributed by atoms with Crippen molar-refractivity contribution in [3.63, 3.8) is 0 Å². The van der Waals surface area contributed by atoms with E-state index in [0.29, 0.717) is 15.8 Å². The summed E-state index contributed by atoms with van der Waals surface area (Å²) in [6.07, 6.45) is 0.738. The lowest BCUT2D eigenvalue weighted by Gasteiger charge is -2.18. The Bertz CT molecular complexity index is 672. The Morgan fingerprint density at radius 1 is 1.33 bits per heavy atom. The molecule has 21 heavy (non-hydrogen) atoms. The van der Waals surface area contributed by atoms with Gasteiger partial charge >= 0.3 is 0 Å². The number of hydrogen-bond acceptors (Lipinski definition) is 3. The maximum absolute atomic E-state index is 6.29. The summed E-state index contributed by atoms with van der Waals surface area (Å²) >= 11 is 15.8. The van der Waals surface area contributed by atoms with E-state index in [9.17, 15) is 0 Å². The van der Waals surface area contributed by atoms with Crippen LogP contribution in [0.5, 0.6) is 5.75 Å². The second kappa shape index (κ2) is 6.21. The number of halogens is 3. The first-order valence-electron chi connectivity index (χ1n) is 6.65. The lowest BCUT2D eigenvalue weighted by atomic mass is 10.1. The minimum atomic E-state index is -0.102. The number of benzene rings is 1. The zero-order valence-corrected chi connectivity index (χ0v) is 14.5. The molecule has 6 heteroatoms. The molecule has 0 amide bonds. The van der Waals surface area contributed by atoms with Crippen LogP contribution in [-0.2, 0) is 6.54 Å². The largest absolute Gasteiger partial charge is 0.484 e. The third-order valence-electron chi connectivity index (χ3n) is 3.41. The van der Waals surface area contributed by atoms with Crippen molar-refractivity contribution in [1.29, 1.82) is 0 Å². The molecular formula is C15H14BrCl2NO2. The van der Waals surface area contributed by atoms with Crippen LogP contribution in [-0.4, -0.2) is 6.54 Å². The van der Waals surface area contributed by atoms with Crippen LogP contribution in [0.15, 0.2) is 27.1 Å². The Labute approximate surface area is 141 Å². The average molecular weight is 391 g/mol. The molecule has 1 aromatic heterocycles. The SMILES string of the molecule is Cc1cc2c(o1)CNCCC2Oc1cc(Cl)cc(Br)c1Cl. The molecule has 1 aliphatic heterocycles. The van der Waals surface area contributed by atoms with Crippen molar-refractivity contribution in [3.8, 4) is 5.75 Å². The third kappa shape index (κ3) is 3.24. The highest BCUT2D eigenvalue weighted by Crippen LogP contribution is 2.39. The van der Waals surface area contributed by atoms with E-state index in [1.807, 2.05) is 13.0 Å². The van der Waals surface area contributed by atoms with E-state index in [1.165, 1.54) is 0 Å². The van der Waals surface area contributed by atoms with Crippen LogP contribution in [0.25, 0.3) is 0 Å². The number of hydrogen-bond donors (Lipinski definition) is 1. The fraction of sp³-hybridized carbons (Fsp3) is 0.333. The summed E-state index contributed by atoms with van der Waals surface area (Å²) in [5.74, 6) is 2.38. The van der Waals surface area contributed by atoms with E-state index in [2.05, 4.69) is 21.2 Å². The minimum absolute atomic E-state index is 0.102. The lowest BCUT2D eigenvalue weighted by Crippen LogP contribution is -2.14. The van der Waals surface area contributed by atoms with E-state index in [1.54, 1.807) is 12.1 Å². The molecule has 3 rings (SSSR count). The van der Waals surface area contributed by atoms with Crippen LogP contribution in [0.2, 0.25) is 10.0 Å². The van der Waals surface area contributed by atoms with Gasteiger partial charge in [-0.2, -0.15) is 0 Å². The summed E-state index contributed by atoms with van der Waals surface area (Å²) in [6.45, 7) is 3.51. The van der Waals surface area contributed by atoms with Crippen LogP contribution < -0.4 is 10.1 Å². The second-order valence-corrected chi connectivity index (χ2v) is 6.68. The molecule has 0 radical (unpaired) electrons. The summed E-state index contributed by atoms with van der Waals surface area (Å²) in [6, 6.07) is 5.51. The van der Waals surface area contributed by atoms with E-state index >= 15 is 0 Å². The Kier molecular flexibility index (Phi) is 4.50. The van der Waals surface area contributed by atoms with Gasteiger partial charge in [0.05, 0.1) is 11.6 Å². The molecule has 1 N–H and O–H groups in total. The zero-order valence-electron chi connectivity index (χ0n) is 11.4. The van der Waals surface area contributed by atoms with E-state index in [4.69, 9.17) is 32.4 Å². The quantitative estimate of drug-likeness (QED) is 0.709. The first-order chi connectivity index (χ1) is 10.0. The molecule has 0 fully saturated rings. The van der Waals surface area contributed by atoms with E-state index < -0.39 is 0 Å². The van der Waals surface area contributed by atoms with Crippen molar-refractivity contribution >= 4 is 39.1 Å². The molecule has 1 aromatic carbocycles. The van der Waals surface area contributed by atoms with Crippen molar-refractivity contribution < 1.29 is 9.15 Å². The normalized spacial score (nSPS) is 18.2. The molecule has 0 spiro atoms. The highest BCUT2D eigenvalue weighted by molar-refractivity contribution is 9.10. The number of ether oxygens (including phenoxy) is 1. The van der Waals surface area contributed by atoms with Crippen molar-refractivity contribution in [2.75, 3.05) is 6.54 Å². The lowest BCUT2D eigenvalue weighted by molar-refractivity contribution is 0.197. The topological polar surface area (TPSA) is 34.4 Å². The third-order valence-corrected chi connectivity index (χ3v) is 4.87. The maximum atomic E-state index is 6.29. The molecule has 1 unspecified atom stereocenters. The molecular weight excluding hydrogens is 377 g/mol. The minimum Gasteiger partial charge on any atom is -0.484 e. The first-order valence-corrected chi connectivity index (χ1v) is 8.20. The fourth-order valence-electron chi connectivity index (χ4n) is 2.48. The Morgan fingerprint density at radius 2 is 2.14 bits per heavy atom. The average Bonchev–Trinajstić information content (AvgIpc) is 2.70. The van der Waals surface area contributed by atoms with Gasteiger partial charge in [-0.1, -0.05) is 23.2 Å². The van der Waals surface area contributed by atoms with Gasteiger partial charge in [-0.25, -0.2) is 0 Å². The van der Waals surface area contributed by atoms with Gasteiger partial charge in [-0.15, -0.1) is 0 Å². The van der Waals surface area contributed by atoms with Gasteiger partial charge in [-0.05, 0) is 41.5 Å². The van der Waals surface area contributed by atoms with Crippen LogP contribution in [0, 0.1) is 6.92 Å². The zero-order chi connectivity index (χ0) is 15.0. The number of nitrogens with one attached hydrogen (secondary N) is 1. The van der Waals surface area contributed by atoms with Crippen LogP contribution in [0.4, 0.5) is 0 Å². The second-order valence-electron chi connectivity index (χ2n) is 5.01. The Hall–Kier alpha value is -0.680. The molecule has 1 aliphatic rings. The van der Waals surface area contributed by atoms with E-state index in [-0.39, 0.29) is 6.10 Å². The summed E-state index contributed by atoms with van der Waals surface area (Å²) < 4.78 is 12.6. The summed E-state index contributed by atoms with van der Waals surface area (Å²) in [5.41, 5.74) is 1.07. The molecule has 0 saturated carbocycles. The number of fused-ring (bicyclic) bond motifs is 1. The predicted octanol–water partition coefficient (Wildman–Crippen LogP) is 5.27. The highest BCUT2D eigenvalue weighted by atomic mass is 79.9. The molecule has 0 aliphatic carbocycles. The van der Waals surface area contributed by atoms with Crippen LogP contribution in [0.3, 0.4) is 0 Å². The standard InChI is InChI=1S/C15H14BrCl2NO2/c1-8-4-10-12(2-3-19-7-14(10)20-8)21-13-6-9(17)5-11(16)15(13)18/h4-6,12,19H,2-3,7H2,1H3. The summed E-state index contributed by atoms with van der Waals surface area (Å²) in [7, 11) is 0. The van der Waals surface area contributed by atoms with Crippen molar-refractivity contribution in [1.82, 2.24) is 5.32 Å². The van der Waals surface area contributed by atoms with Gasteiger partial charge in [0.2, 0.25) is 0 Å². The van der Waals surface area contributed by atoms with Gasteiger partial charge in [0.15, 0.2) is 0 Å². The van der Waals surface area contributed by atoms with Gasteiger partial charge in [-0.3, -0.25) is 0 Å². The summed E-state index contributed by atoms with van der Waals surface area (Å²) in [5, 5.41) is 4.43. The van der Waals surface area contributed by atoms with Crippen molar-refractivity contribution in [2.45, 2.75) is 26.0 Å². The summed E-state index contributed by atoms with van der Waals surface area (Å²) in [4.78, 5) is 0. The van der Waals surface area contributed by atoms with Gasteiger partial charge in [0.25, 0.3) is 0 Å². The van der Waals surface area contributed by atoms with Crippen LogP contribution in [0.1, 0.15) is 29.6 Å². The number of aryl methyl sites for hydroxylation is 1. The smallest absolute Gasteiger partial charge is 0.141 e. The predicted molar refractivity (Wildman–Crippen MR) is 87.3 cm³/mol. The molecule has 2 aromatic rings. The van der Waals surface area contributed by atoms with E-state index in [0.717, 1.165) is 41.1 Å². The van der Waals surface area contributed by atoms with Gasteiger partial charge < -0.3 is 14.5 Å². The molecule has 2 heterocycles. The molecule has 3 nitrogen and oxygen atoms in total. The molecule has 0 saturated heterocycles. The monoisotopic (exact) mass is 389 g/mol. The molecule has 1 atom stereocenters. The maximum Gasteiger partial charge on any atom is 0.141 e. The van der Waals surface area contributed by atoms with Gasteiger partial charge in [0, 0.05) is 27.5 Å². The van der Waals surface area contributed by atoms with Crippen LogP contribution >= 0.6 is 39.1 Å².